The monoisotopic (exact) mass is 517 g/mol. The molecule has 11 nitrogen and oxygen atoms in total. The molecular formula is C26H24FN7O4. The van der Waals surface area contributed by atoms with Gasteiger partial charge in [-0.3, -0.25) is 4.79 Å². The number of halogens is 1. The number of fused-ring (bicyclic) bond motifs is 3. The smallest absolute Gasteiger partial charge is 0.351 e. The first-order valence-electron chi connectivity index (χ1n) is 12.4. The van der Waals surface area contributed by atoms with E-state index in [0.717, 1.165) is 0 Å². The molecular weight excluding hydrogens is 493 g/mol. The zero-order chi connectivity index (χ0) is 26.2. The van der Waals surface area contributed by atoms with Gasteiger partial charge in [-0.15, -0.1) is 5.10 Å². The van der Waals surface area contributed by atoms with Crippen molar-refractivity contribution >= 4 is 28.5 Å². The molecule has 4 heterocycles. The van der Waals surface area contributed by atoms with Gasteiger partial charge in [0.1, 0.15) is 12.4 Å². The summed E-state index contributed by atoms with van der Waals surface area (Å²) >= 11 is 0. The van der Waals surface area contributed by atoms with E-state index in [4.69, 9.17) is 14.2 Å². The maximum Gasteiger partial charge on any atom is 0.351 e. The van der Waals surface area contributed by atoms with Crippen molar-refractivity contribution in [2.24, 2.45) is 5.92 Å². The molecule has 6 rings (SSSR count). The van der Waals surface area contributed by atoms with Gasteiger partial charge in [0.15, 0.2) is 5.82 Å². The Morgan fingerprint density at radius 2 is 1.95 bits per heavy atom. The Morgan fingerprint density at radius 1 is 1.13 bits per heavy atom. The zero-order valence-corrected chi connectivity index (χ0v) is 20.6. The Kier molecular flexibility index (Phi) is 6.06. The average molecular weight is 518 g/mol. The molecule has 1 aliphatic rings. The molecule has 38 heavy (non-hydrogen) atoms. The van der Waals surface area contributed by atoms with Gasteiger partial charge in [-0.2, -0.15) is 4.98 Å². The van der Waals surface area contributed by atoms with Gasteiger partial charge < -0.3 is 14.2 Å². The number of carbonyl (C=O) groups excluding carboxylic acids is 1. The van der Waals surface area contributed by atoms with Gasteiger partial charge in [0.05, 0.1) is 23.6 Å². The van der Waals surface area contributed by atoms with Crippen molar-refractivity contribution in [1.29, 1.82) is 0 Å². The summed E-state index contributed by atoms with van der Waals surface area (Å²) in [6.07, 6.45) is 1.24. The highest BCUT2D eigenvalue weighted by atomic mass is 19.1. The van der Waals surface area contributed by atoms with E-state index in [9.17, 15) is 14.0 Å². The number of nitrogens with zero attached hydrogens (tertiary/aromatic N) is 7. The van der Waals surface area contributed by atoms with E-state index < -0.39 is 5.82 Å². The van der Waals surface area contributed by atoms with Gasteiger partial charge >= 0.3 is 11.7 Å². The van der Waals surface area contributed by atoms with Crippen molar-refractivity contribution < 1.29 is 18.4 Å². The van der Waals surface area contributed by atoms with Crippen LogP contribution in [0.2, 0.25) is 0 Å². The van der Waals surface area contributed by atoms with Crippen LogP contribution in [0.4, 0.5) is 10.2 Å². The fourth-order valence-electron chi connectivity index (χ4n) is 4.78. The van der Waals surface area contributed by atoms with E-state index in [2.05, 4.69) is 15.2 Å². The third kappa shape index (κ3) is 4.27. The zero-order valence-electron chi connectivity index (χ0n) is 20.6. The van der Waals surface area contributed by atoms with Crippen LogP contribution in [-0.2, 0) is 16.1 Å². The predicted octanol–water partition coefficient (Wildman–Crippen LogP) is 3.06. The number of rotatable bonds is 6. The Labute approximate surface area is 215 Å². The minimum atomic E-state index is -0.413. The number of ether oxygens (including phenoxy) is 1. The molecule has 2 aromatic carbocycles. The van der Waals surface area contributed by atoms with E-state index in [-0.39, 0.29) is 35.8 Å². The lowest BCUT2D eigenvalue weighted by Gasteiger charge is -2.31. The molecule has 3 aromatic heterocycles. The number of aromatic nitrogens is 6. The fourth-order valence-corrected chi connectivity index (χ4v) is 4.78. The van der Waals surface area contributed by atoms with Crippen LogP contribution in [0.25, 0.3) is 28.1 Å². The second kappa shape index (κ2) is 9.69. The van der Waals surface area contributed by atoms with Crippen LogP contribution < -0.4 is 10.6 Å². The predicted molar refractivity (Wildman–Crippen MR) is 135 cm³/mol. The fraction of sp³-hybridized carbons (Fsp3) is 0.308. The summed E-state index contributed by atoms with van der Waals surface area (Å²) < 4.78 is 26.9. The first-order valence-corrected chi connectivity index (χ1v) is 12.4. The highest BCUT2D eigenvalue weighted by Gasteiger charge is 2.29. The number of para-hydroxylation sites is 2. The van der Waals surface area contributed by atoms with Crippen molar-refractivity contribution in [3.63, 3.8) is 0 Å². The minimum absolute atomic E-state index is 0.0679. The number of piperidine rings is 1. The lowest BCUT2D eigenvalue weighted by atomic mass is 9.97. The molecule has 0 radical (unpaired) electrons. The molecule has 0 atom stereocenters. The highest BCUT2D eigenvalue weighted by Crippen LogP contribution is 2.27. The Balaban J connectivity index is 1.36. The van der Waals surface area contributed by atoms with Crippen LogP contribution in [0, 0.1) is 11.7 Å². The van der Waals surface area contributed by atoms with Crippen molar-refractivity contribution in [3.05, 3.63) is 70.7 Å². The lowest BCUT2D eigenvalue weighted by Crippen LogP contribution is -2.37. The summed E-state index contributed by atoms with van der Waals surface area (Å²) in [7, 11) is 0. The number of hydrogen-bond acceptors (Lipinski definition) is 9. The molecule has 5 aromatic rings. The van der Waals surface area contributed by atoms with Crippen molar-refractivity contribution in [1.82, 2.24) is 29.3 Å². The van der Waals surface area contributed by atoms with Gasteiger partial charge in [-0.05, 0) is 44.0 Å². The Bertz CT molecular complexity index is 1700. The van der Waals surface area contributed by atoms with Crippen LogP contribution in [0.5, 0.6) is 0 Å². The van der Waals surface area contributed by atoms with E-state index >= 15 is 0 Å². The quantitative estimate of drug-likeness (QED) is 0.313. The molecule has 0 unspecified atom stereocenters. The van der Waals surface area contributed by atoms with Gasteiger partial charge in [-0.25, -0.2) is 23.3 Å². The summed E-state index contributed by atoms with van der Waals surface area (Å²) in [5.41, 5.74) is 1.75. The molecule has 0 bridgehead atoms. The van der Waals surface area contributed by atoms with E-state index in [1.807, 2.05) is 29.2 Å². The summed E-state index contributed by atoms with van der Waals surface area (Å²) in [6.45, 7) is 3.24. The number of anilines is 1. The highest BCUT2D eigenvalue weighted by molar-refractivity contribution is 5.83. The number of carbonyl (C=O) groups is 1. The summed E-state index contributed by atoms with van der Waals surface area (Å²) in [4.78, 5) is 36.9. The molecule has 1 saturated heterocycles. The van der Waals surface area contributed by atoms with Crippen LogP contribution >= 0.6 is 0 Å². The second-order valence-corrected chi connectivity index (χ2v) is 9.06. The number of benzene rings is 2. The topological polar surface area (TPSA) is 121 Å². The van der Waals surface area contributed by atoms with Crippen LogP contribution in [-0.4, -0.2) is 55.0 Å². The molecule has 0 saturated carbocycles. The van der Waals surface area contributed by atoms with E-state index in [1.54, 1.807) is 19.1 Å². The average Bonchev–Trinajstić information content (AvgIpc) is 3.53. The Morgan fingerprint density at radius 3 is 2.74 bits per heavy atom. The van der Waals surface area contributed by atoms with Gasteiger partial charge in [0.25, 0.3) is 0 Å². The van der Waals surface area contributed by atoms with E-state index in [1.165, 1.54) is 21.2 Å². The third-order valence-electron chi connectivity index (χ3n) is 6.64. The first kappa shape index (κ1) is 23.8. The molecule has 0 spiro atoms. The van der Waals surface area contributed by atoms with Crippen molar-refractivity contribution in [3.8, 4) is 11.4 Å². The van der Waals surface area contributed by atoms with Crippen LogP contribution in [0.1, 0.15) is 25.7 Å². The molecule has 194 valence electrons. The summed E-state index contributed by atoms with van der Waals surface area (Å²) in [5, 5.41) is 8.52. The van der Waals surface area contributed by atoms with Crippen molar-refractivity contribution in [2.75, 3.05) is 24.6 Å². The first-order chi connectivity index (χ1) is 18.5. The molecule has 0 amide bonds. The number of hydrogen-bond donors (Lipinski definition) is 0. The largest absolute Gasteiger partial charge is 0.466 e. The Hall–Kier alpha value is -4.61. The molecule has 12 heteroatoms. The SMILES string of the molecule is CCOC(=O)C1CCN(c2nc3ccccc3n3c(=O)n(Cc4nc(-c5cccc(F)c5)no4)nc23)CC1. The second-order valence-electron chi connectivity index (χ2n) is 9.06. The van der Waals surface area contributed by atoms with Gasteiger partial charge in [0, 0.05) is 18.7 Å². The standard InChI is InChI=1S/C26H24FN7O4/c1-2-37-25(35)16-10-12-32(13-11-16)23-24-30-33(26(36)34(24)20-9-4-3-8-19(20)28-23)15-21-29-22(31-38-21)17-6-5-7-18(27)14-17/h3-9,14,16H,2,10-13,15H2,1H3. The molecule has 0 aliphatic carbocycles. The number of esters is 1. The van der Waals surface area contributed by atoms with Crippen molar-refractivity contribution in [2.45, 2.75) is 26.3 Å². The molecule has 1 aliphatic heterocycles. The van der Waals surface area contributed by atoms with Gasteiger partial charge in [-0.1, -0.05) is 29.4 Å². The maximum absolute atomic E-state index is 13.6. The van der Waals surface area contributed by atoms with Crippen LogP contribution in [0.15, 0.2) is 57.8 Å². The normalized spacial score (nSPS) is 14.4. The summed E-state index contributed by atoms with van der Waals surface area (Å²) in [5.74, 6) is 0.183. The van der Waals surface area contributed by atoms with E-state index in [0.29, 0.717) is 60.6 Å². The van der Waals surface area contributed by atoms with Crippen LogP contribution in [0.3, 0.4) is 0 Å². The molecule has 0 N–H and O–H groups in total. The maximum atomic E-state index is 13.6. The minimum Gasteiger partial charge on any atom is -0.466 e. The third-order valence-corrected chi connectivity index (χ3v) is 6.64. The molecule has 1 fully saturated rings. The lowest BCUT2D eigenvalue weighted by molar-refractivity contribution is -0.148. The van der Waals surface area contributed by atoms with Gasteiger partial charge in [0.2, 0.25) is 17.4 Å². The summed E-state index contributed by atoms with van der Waals surface area (Å²) in [6, 6.07) is 13.2.